The Morgan fingerprint density at radius 3 is 2.92 bits per heavy atom. The molecule has 1 heterocycles. The Bertz CT molecular complexity index is 607. The van der Waals surface area contributed by atoms with E-state index in [1.54, 1.807) is 20.3 Å². The molecule has 3 rings (SSSR count). The number of carbonyl (C=O) groups is 1. The molecule has 3 atom stereocenters. The van der Waals surface area contributed by atoms with Crippen molar-refractivity contribution in [2.45, 2.75) is 43.4 Å². The number of carbonyl (C=O) groups excluding carboxylic acids is 1. The predicted molar refractivity (Wildman–Crippen MR) is 92.9 cm³/mol. The van der Waals surface area contributed by atoms with E-state index in [9.17, 15) is 4.79 Å². The number of rotatable bonds is 6. The molecule has 0 spiro atoms. The second kappa shape index (κ2) is 7.72. The van der Waals surface area contributed by atoms with Crippen LogP contribution in [0.2, 0.25) is 0 Å². The van der Waals surface area contributed by atoms with Crippen molar-refractivity contribution in [1.82, 2.24) is 4.90 Å². The zero-order valence-corrected chi connectivity index (χ0v) is 14.9. The lowest BCUT2D eigenvalue weighted by Gasteiger charge is -2.43. The molecule has 0 radical (unpaired) electrons. The maximum Gasteiger partial charge on any atom is 0.254 e. The third kappa shape index (κ3) is 3.52. The van der Waals surface area contributed by atoms with Gasteiger partial charge in [0.1, 0.15) is 5.75 Å². The SMILES string of the molecule is COc1cccc(C(=O)N2CC[C@]3(OC)CC[C@@H](OCCO)C[C@H]23)c1. The number of methoxy groups -OCH3 is 2. The van der Waals surface area contributed by atoms with Crippen molar-refractivity contribution in [3.8, 4) is 5.75 Å². The Morgan fingerprint density at radius 1 is 1.36 bits per heavy atom. The Labute approximate surface area is 148 Å². The molecule has 2 aliphatic rings. The smallest absolute Gasteiger partial charge is 0.254 e. The molecular formula is C19H27NO5. The summed E-state index contributed by atoms with van der Waals surface area (Å²) in [6.45, 7) is 1.03. The molecule has 1 aliphatic heterocycles. The second-order valence-electron chi connectivity index (χ2n) is 6.76. The van der Waals surface area contributed by atoms with Gasteiger partial charge in [-0.25, -0.2) is 0 Å². The highest BCUT2D eigenvalue weighted by atomic mass is 16.5. The molecule has 1 aliphatic carbocycles. The molecule has 2 fully saturated rings. The fourth-order valence-corrected chi connectivity index (χ4v) is 4.20. The fraction of sp³-hybridized carbons (Fsp3) is 0.632. The molecule has 1 saturated heterocycles. The first kappa shape index (κ1) is 18.2. The van der Waals surface area contributed by atoms with E-state index in [2.05, 4.69) is 0 Å². The van der Waals surface area contributed by atoms with Gasteiger partial charge in [-0.05, 0) is 43.9 Å². The van der Waals surface area contributed by atoms with Gasteiger partial charge in [0, 0.05) is 19.2 Å². The minimum Gasteiger partial charge on any atom is -0.497 e. The molecule has 138 valence electrons. The van der Waals surface area contributed by atoms with Gasteiger partial charge in [0.2, 0.25) is 0 Å². The molecule has 1 N–H and O–H groups in total. The fourth-order valence-electron chi connectivity index (χ4n) is 4.20. The molecule has 0 aromatic heterocycles. The predicted octanol–water partition coefficient (Wildman–Crippen LogP) is 1.86. The summed E-state index contributed by atoms with van der Waals surface area (Å²) in [6, 6.07) is 7.26. The van der Waals surface area contributed by atoms with Crippen molar-refractivity contribution in [2.75, 3.05) is 34.0 Å². The molecule has 1 amide bonds. The van der Waals surface area contributed by atoms with Gasteiger partial charge in [-0.15, -0.1) is 0 Å². The van der Waals surface area contributed by atoms with Gasteiger partial charge in [-0.1, -0.05) is 6.07 Å². The Kier molecular flexibility index (Phi) is 5.61. The monoisotopic (exact) mass is 349 g/mol. The number of ether oxygens (including phenoxy) is 3. The van der Waals surface area contributed by atoms with Crippen molar-refractivity contribution in [3.05, 3.63) is 29.8 Å². The van der Waals surface area contributed by atoms with Gasteiger partial charge in [-0.3, -0.25) is 4.79 Å². The Balaban J connectivity index is 1.79. The largest absolute Gasteiger partial charge is 0.497 e. The summed E-state index contributed by atoms with van der Waals surface area (Å²) in [5.74, 6) is 0.682. The minimum absolute atomic E-state index is 0.00522. The summed E-state index contributed by atoms with van der Waals surface area (Å²) < 4.78 is 16.9. The lowest BCUT2D eigenvalue weighted by Crippen LogP contribution is -2.53. The van der Waals surface area contributed by atoms with Gasteiger partial charge in [0.05, 0.1) is 38.1 Å². The number of amides is 1. The number of hydrogen-bond donors (Lipinski definition) is 1. The van der Waals surface area contributed by atoms with Crippen molar-refractivity contribution in [2.24, 2.45) is 0 Å². The summed E-state index contributed by atoms with van der Waals surface area (Å²) in [5, 5.41) is 8.99. The zero-order valence-electron chi connectivity index (χ0n) is 14.9. The Morgan fingerprint density at radius 2 is 2.20 bits per heavy atom. The van der Waals surface area contributed by atoms with Crippen LogP contribution in [0.3, 0.4) is 0 Å². The number of aliphatic hydroxyl groups excluding tert-OH is 1. The van der Waals surface area contributed by atoms with Crippen LogP contribution in [-0.2, 0) is 9.47 Å². The van der Waals surface area contributed by atoms with E-state index in [4.69, 9.17) is 19.3 Å². The number of hydrogen-bond acceptors (Lipinski definition) is 5. The molecule has 1 aromatic rings. The molecule has 0 unspecified atom stereocenters. The van der Waals surface area contributed by atoms with Crippen LogP contribution in [0.15, 0.2) is 24.3 Å². The van der Waals surface area contributed by atoms with Crippen molar-refractivity contribution >= 4 is 5.91 Å². The molecule has 1 saturated carbocycles. The summed E-state index contributed by atoms with van der Waals surface area (Å²) >= 11 is 0. The molecule has 0 bridgehead atoms. The van der Waals surface area contributed by atoms with Gasteiger partial charge in [0.25, 0.3) is 5.91 Å². The van der Waals surface area contributed by atoms with E-state index in [0.717, 1.165) is 25.7 Å². The van der Waals surface area contributed by atoms with Gasteiger partial charge < -0.3 is 24.2 Å². The highest BCUT2D eigenvalue weighted by molar-refractivity contribution is 5.95. The average Bonchev–Trinajstić information content (AvgIpc) is 3.05. The normalized spacial score (nSPS) is 28.7. The van der Waals surface area contributed by atoms with Crippen LogP contribution in [0.1, 0.15) is 36.0 Å². The van der Waals surface area contributed by atoms with Crippen LogP contribution >= 0.6 is 0 Å². The highest BCUT2D eigenvalue weighted by Crippen LogP contribution is 2.43. The van der Waals surface area contributed by atoms with Gasteiger partial charge in [0.15, 0.2) is 0 Å². The molecule has 6 heteroatoms. The molecule has 25 heavy (non-hydrogen) atoms. The van der Waals surface area contributed by atoms with Crippen LogP contribution in [0.25, 0.3) is 0 Å². The molecule has 6 nitrogen and oxygen atoms in total. The third-order valence-corrected chi connectivity index (χ3v) is 5.56. The zero-order chi connectivity index (χ0) is 17.9. The number of likely N-dealkylation sites (tertiary alicyclic amines) is 1. The van der Waals surface area contributed by atoms with Crippen LogP contribution in [0.4, 0.5) is 0 Å². The Hall–Kier alpha value is -1.63. The minimum atomic E-state index is -0.284. The van der Waals surface area contributed by atoms with Crippen LogP contribution in [0.5, 0.6) is 5.75 Å². The van der Waals surface area contributed by atoms with Gasteiger partial charge in [-0.2, -0.15) is 0 Å². The van der Waals surface area contributed by atoms with Crippen molar-refractivity contribution < 1.29 is 24.1 Å². The van der Waals surface area contributed by atoms with Crippen molar-refractivity contribution in [1.29, 1.82) is 0 Å². The van der Waals surface area contributed by atoms with E-state index < -0.39 is 0 Å². The molecular weight excluding hydrogens is 322 g/mol. The summed E-state index contributed by atoms with van der Waals surface area (Å²) in [5.41, 5.74) is 0.345. The summed E-state index contributed by atoms with van der Waals surface area (Å²) in [7, 11) is 3.33. The first-order valence-electron chi connectivity index (χ1n) is 8.86. The number of fused-ring (bicyclic) bond motifs is 1. The number of benzene rings is 1. The van der Waals surface area contributed by atoms with E-state index in [1.165, 1.54) is 0 Å². The van der Waals surface area contributed by atoms with Gasteiger partial charge >= 0.3 is 0 Å². The topological polar surface area (TPSA) is 68.2 Å². The first-order valence-corrected chi connectivity index (χ1v) is 8.86. The number of nitrogens with zero attached hydrogens (tertiary/aromatic N) is 1. The van der Waals surface area contributed by atoms with Crippen LogP contribution < -0.4 is 4.74 Å². The standard InChI is InChI=1S/C19H27NO5/c1-23-15-5-3-4-14(12-15)18(22)20-9-8-19(24-2)7-6-16(13-17(19)20)25-11-10-21/h3-5,12,16-17,21H,6-11,13H2,1-2H3/t16-,17+,19-/m1/s1. The maximum atomic E-state index is 13.1. The summed E-state index contributed by atoms with van der Waals surface area (Å²) in [4.78, 5) is 15.0. The van der Waals surface area contributed by atoms with E-state index in [1.807, 2.05) is 23.1 Å². The summed E-state index contributed by atoms with van der Waals surface area (Å²) in [6.07, 6.45) is 3.40. The maximum absolute atomic E-state index is 13.1. The van der Waals surface area contributed by atoms with Crippen LogP contribution in [-0.4, -0.2) is 67.6 Å². The average molecular weight is 349 g/mol. The number of aliphatic hydroxyl groups is 1. The third-order valence-electron chi connectivity index (χ3n) is 5.56. The lowest BCUT2D eigenvalue weighted by atomic mass is 9.79. The van der Waals surface area contributed by atoms with Crippen LogP contribution in [0, 0.1) is 0 Å². The molecule has 1 aromatic carbocycles. The quantitative estimate of drug-likeness (QED) is 0.849. The van der Waals surface area contributed by atoms with E-state index in [-0.39, 0.29) is 30.3 Å². The van der Waals surface area contributed by atoms with E-state index in [0.29, 0.717) is 24.5 Å². The van der Waals surface area contributed by atoms with Crippen molar-refractivity contribution in [3.63, 3.8) is 0 Å². The van der Waals surface area contributed by atoms with E-state index >= 15 is 0 Å². The highest BCUT2D eigenvalue weighted by Gasteiger charge is 2.52. The first-order chi connectivity index (χ1) is 12.1. The second-order valence-corrected chi connectivity index (χ2v) is 6.76. The lowest BCUT2D eigenvalue weighted by molar-refractivity contribution is -0.0992.